The van der Waals surface area contributed by atoms with Crippen molar-refractivity contribution in [1.82, 2.24) is 9.55 Å². The fraction of sp³-hybridized carbons (Fsp3) is 0.308. The Morgan fingerprint density at radius 2 is 2.11 bits per heavy atom. The number of aliphatic hydroxyl groups excluding tert-OH is 1. The zero-order valence-electron chi connectivity index (χ0n) is 9.55. The van der Waals surface area contributed by atoms with Crippen molar-refractivity contribution >= 4 is 23.2 Å². The van der Waals surface area contributed by atoms with Crippen molar-refractivity contribution in [2.45, 2.75) is 25.0 Å². The molecule has 1 heterocycles. The van der Waals surface area contributed by atoms with Crippen LogP contribution in [0.5, 0.6) is 0 Å². The van der Waals surface area contributed by atoms with E-state index in [1.54, 1.807) is 30.7 Å². The first-order chi connectivity index (χ1) is 8.68. The molecule has 1 atom stereocenters. The fourth-order valence-electron chi connectivity index (χ4n) is 2.08. The molecule has 1 unspecified atom stereocenters. The molecular weight excluding hydrogens is 271 g/mol. The predicted molar refractivity (Wildman–Crippen MR) is 71.0 cm³/mol. The van der Waals surface area contributed by atoms with Crippen molar-refractivity contribution < 1.29 is 5.11 Å². The van der Waals surface area contributed by atoms with Gasteiger partial charge in [0.15, 0.2) is 0 Å². The Balaban J connectivity index is 2.00. The summed E-state index contributed by atoms with van der Waals surface area (Å²) in [7, 11) is 0. The standard InChI is InChI=1S/C13H12Cl2N2O/c14-10-3-1-2-9(12(10)15)13(18)11-6-16-7-17(11)8-4-5-8/h1-3,6-8,13,18H,4-5H2. The number of aliphatic hydroxyl groups is 1. The molecular formula is C13H12Cl2N2O. The van der Waals surface area contributed by atoms with Crippen LogP contribution >= 0.6 is 23.2 Å². The topological polar surface area (TPSA) is 38.1 Å². The Hall–Kier alpha value is -1.03. The van der Waals surface area contributed by atoms with Gasteiger partial charge in [-0.1, -0.05) is 35.3 Å². The quantitative estimate of drug-likeness (QED) is 0.934. The largest absolute Gasteiger partial charge is 0.382 e. The minimum absolute atomic E-state index is 0.398. The maximum absolute atomic E-state index is 10.4. The molecule has 3 nitrogen and oxygen atoms in total. The summed E-state index contributed by atoms with van der Waals surface area (Å²) in [5, 5.41) is 11.3. The van der Waals surface area contributed by atoms with Crippen LogP contribution in [0.2, 0.25) is 10.0 Å². The number of nitrogens with zero attached hydrogens (tertiary/aromatic N) is 2. The first kappa shape index (κ1) is 12.0. The first-order valence-electron chi connectivity index (χ1n) is 5.82. The van der Waals surface area contributed by atoms with Gasteiger partial charge in [-0.2, -0.15) is 0 Å². The van der Waals surface area contributed by atoms with Crippen LogP contribution in [0.3, 0.4) is 0 Å². The summed E-state index contributed by atoms with van der Waals surface area (Å²) < 4.78 is 2.02. The van der Waals surface area contributed by atoms with Gasteiger partial charge in [-0.05, 0) is 18.9 Å². The van der Waals surface area contributed by atoms with Crippen LogP contribution in [-0.2, 0) is 0 Å². The molecule has 0 saturated heterocycles. The smallest absolute Gasteiger partial charge is 0.122 e. The van der Waals surface area contributed by atoms with Gasteiger partial charge in [0.2, 0.25) is 0 Å². The number of aromatic nitrogens is 2. The molecule has 1 aromatic heterocycles. The van der Waals surface area contributed by atoms with Crippen LogP contribution in [0, 0.1) is 0 Å². The Labute approximate surface area is 115 Å². The second-order valence-corrected chi connectivity index (χ2v) is 5.29. The van der Waals surface area contributed by atoms with E-state index in [2.05, 4.69) is 4.98 Å². The summed E-state index contributed by atoms with van der Waals surface area (Å²) in [5.41, 5.74) is 1.38. The zero-order chi connectivity index (χ0) is 12.7. The van der Waals surface area contributed by atoms with E-state index < -0.39 is 6.10 Å². The summed E-state index contributed by atoms with van der Waals surface area (Å²) in [5.74, 6) is 0. The second kappa shape index (κ2) is 4.57. The average molecular weight is 283 g/mol. The molecule has 0 radical (unpaired) electrons. The van der Waals surface area contributed by atoms with Crippen LogP contribution in [0.4, 0.5) is 0 Å². The molecule has 1 saturated carbocycles. The van der Waals surface area contributed by atoms with E-state index >= 15 is 0 Å². The molecule has 1 aromatic carbocycles. The van der Waals surface area contributed by atoms with Gasteiger partial charge in [0.05, 0.1) is 28.3 Å². The third kappa shape index (κ3) is 2.03. The van der Waals surface area contributed by atoms with E-state index in [1.165, 1.54) is 0 Å². The molecule has 18 heavy (non-hydrogen) atoms. The number of halogens is 2. The van der Waals surface area contributed by atoms with Gasteiger partial charge in [-0.25, -0.2) is 4.98 Å². The Morgan fingerprint density at radius 1 is 1.33 bits per heavy atom. The van der Waals surface area contributed by atoms with Crippen molar-refractivity contribution in [1.29, 1.82) is 0 Å². The summed E-state index contributed by atoms with van der Waals surface area (Å²) in [4.78, 5) is 4.11. The summed E-state index contributed by atoms with van der Waals surface area (Å²) in [6, 6.07) is 5.74. The number of rotatable bonds is 3. The highest BCUT2D eigenvalue weighted by Gasteiger charge is 2.28. The van der Waals surface area contributed by atoms with E-state index in [-0.39, 0.29) is 0 Å². The highest BCUT2D eigenvalue weighted by Crippen LogP contribution is 2.39. The highest BCUT2D eigenvalue weighted by molar-refractivity contribution is 6.42. The van der Waals surface area contributed by atoms with Crippen LogP contribution in [0.15, 0.2) is 30.7 Å². The molecule has 0 bridgehead atoms. The van der Waals surface area contributed by atoms with Crippen molar-refractivity contribution in [3.8, 4) is 0 Å². The third-order valence-electron chi connectivity index (χ3n) is 3.19. The van der Waals surface area contributed by atoms with Crippen molar-refractivity contribution in [2.24, 2.45) is 0 Å². The number of hydrogen-bond donors (Lipinski definition) is 1. The molecule has 1 fully saturated rings. The maximum Gasteiger partial charge on any atom is 0.122 e. The van der Waals surface area contributed by atoms with Crippen LogP contribution in [0.1, 0.15) is 36.2 Å². The lowest BCUT2D eigenvalue weighted by atomic mass is 10.1. The van der Waals surface area contributed by atoms with Gasteiger partial charge in [0.25, 0.3) is 0 Å². The van der Waals surface area contributed by atoms with Crippen LogP contribution < -0.4 is 0 Å². The van der Waals surface area contributed by atoms with E-state index in [4.69, 9.17) is 23.2 Å². The molecule has 3 rings (SSSR count). The average Bonchev–Trinajstić information content (AvgIpc) is 3.09. The molecule has 1 aliphatic carbocycles. The van der Waals surface area contributed by atoms with Gasteiger partial charge in [0.1, 0.15) is 6.10 Å². The van der Waals surface area contributed by atoms with Gasteiger partial charge in [-0.3, -0.25) is 0 Å². The summed E-state index contributed by atoms with van der Waals surface area (Å²) in [6.45, 7) is 0. The predicted octanol–water partition coefficient (Wildman–Crippen LogP) is 3.61. The lowest BCUT2D eigenvalue weighted by Crippen LogP contribution is -2.07. The Kier molecular flexibility index (Phi) is 3.06. The van der Waals surface area contributed by atoms with Gasteiger partial charge >= 0.3 is 0 Å². The molecule has 1 N–H and O–H groups in total. The summed E-state index contributed by atoms with van der Waals surface area (Å²) >= 11 is 12.1. The monoisotopic (exact) mass is 282 g/mol. The molecule has 5 heteroatoms. The Morgan fingerprint density at radius 3 is 2.83 bits per heavy atom. The molecule has 0 spiro atoms. The van der Waals surface area contributed by atoms with E-state index in [0.29, 0.717) is 21.7 Å². The first-order valence-corrected chi connectivity index (χ1v) is 6.58. The SMILES string of the molecule is OC(c1cccc(Cl)c1Cl)c1cncn1C1CC1. The number of benzene rings is 1. The van der Waals surface area contributed by atoms with Crippen LogP contribution in [-0.4, -0.2) is 14.7 Å². The van der Waals surface area contributed by atoms with E-state index in [1.807, 2.05) is 4.57 Å². The molecule has 2 aromatic rings. The molecule has 0 aliphatic heterocycles. The highest BCUT2D eigenvalue weighted by atomic mass is 35.5. The van der Waals surface area contributed by atoms with Crippen molar-refractivity contribution in [3.63, 3.8) is 0 Å². The lowest BCUT2D eigenvalue weighted by molar-refractivity contribution is 0.210. The minimum atomic E-state index is -0.792. The molecule has 1 aliphatic rings. The molecule has 94 valence electrons. The zero-order valence-corrected chi connectivity index (χ0v) is 11.1. The fourth-order valence-corrected chi connectivity index (χ4v) is 2.49. The van der Waals surface area contributed by atoms with Gasteiger partial charge < -0.3 is 9.67 Å². The van der Waals surface area contributed by atoms with Crippen molar-refractivity contribution in [2.75, 3.05) is 0 Å². The third-order valence-corrected chi connectivity index (χ3v) is 4.03. The second-order valence-electron chi connectivity index (χ2n) is 4.50. The number of imidazole rings is 1. The van der Waals surface area contributed by atoms with Crippen molar-refractivity contribution in [3.05, 3.63) is 52.0 Å². The molecule has 0 amide bonds. The van der Waals surface area contributed by atoms with Crippen LogP contribution in [0.25, 0.3) is 0 Å². The van der Waals surface area contributed by atoms with Gasteiger partial charge in [0, 0.05) is 11.6 Å². The maximum atomic E-state index is 10.4. The number of hydrogen-bond acceptors (Lipinski definition) is 2. The Bertz CT molecular complexity index is 578. The van der Waals surface area contributed by atoms with Gasteiger partial charge in [-0.15, -0.1) is 0 Å². The normalized spacial score (nSPS) is 16.8. The van der Waals surface area contributed by atoms with E-state index in [0.717, 1.165) is 18.5 Å². The van der Waals surface area contributed by atoms with E-state index in [9.17, 15) is 5.11 Å². The summed E-state index contributed by atoms with van der Waals surface area (Å²) in [6.07, 6.45) is 4.92. The minimum Gasteiger partial charge on any atom is -0.382 e. The lowest BCUT2D eigenvalue weighted by Gasteiger charge is -2.15.